The lowest BCUT2D eigenvalue weighted by Gasteiger charge is -2.11. The maximum Gasteiger partial charge on any atom is 0.335 e. The highest BCUT2D eigenvalue weighted by Crippen LogP contribution is 2.30. The van der Waals surface area contributed by atoms with Crippen LogP contribution in [0, 0.1) is 0 Å². The lowest BCUT2D eigenvalue weighted by Crippen LogP contribution is -2.36. The molecule has 1 aromatic heterocycles. The molecule has 0 aliphatic carbocycles. The van der Waals surface area contributed by atoms with Gasteiger partial charge in [0.05, 0.1) is 26.5 Å². The molecule has 0 saturated heterocycles. The number of rotatable bonds is 4. The molecule has 1 aliphatic heterocycles. The highest BCUT2D eigenvalue weighted by molar-refractivity contribution is 7.91. The van der Waals surface area contributed by atoms with E-state index < -0.39 is 44.6 Å². The van der Waals surface area contributed by atoms with Crippen molar-refractivity contribution in [2.45, 2.75) is 9.79 Å². The van der Waals surface area contributed by atoms with Crippen LogP contribution in [0.1, 0.15) is 31.1 Å². The van der Waals surface area contributed by atoms with Gasteiger partial charge in [-0.2, -0.15) is 0 Å². The molecule has 4 rings (SSSR count). The van der Waals surface area contributed by atoms with Crippen molar-refractivity contribution in [3.05, 3.63) is 86.2 Å². The van der Waals surface area contributed by atoms with Gasteiger partial charge in [0.1, 0.15) is 5.69 Å². The Morgan fingerprint density at radius 3 is 2.10 bits per heavy atom. The summed E-state index contributed by atoms with van der Waals surface area (Å²) in [6, 6.07) is 7.77. The molecule has 0 bridgehead atoms. The van der Waals surface area contributed by atoms with Crippen molar-refractivity contribution in [2.24, 2.45) is 0 Å². The minimum atomic E-state index is -4.13. The number of carbonyl (C=O) groups is 3. The van der Waals surface area contributed by atoms with E-state index in [9.17, 15) is 32.4 Å². The first kappa shape index (κ1) is 20.0. The molecule has 12 heteroatoms. The summed E-state index contributed by atoms with van der Waals surface area (Å²) in [6.45, 7) is 0. The van der Waals surface area contributed by atoms with Crippen LogP contribution in [0.25, 0.3) is 0 Å². The minimum Gasteiger partial charge on any atom is -0.478 e. The molecule has 2 amide bonds. The quantitative estimate of drug-likeness (QED) is 0.487. The number of hydrogen-bond donors (Lipinski definition) is 3. The van der Waals surface area contributed by atoms with Crippen LogP contribution >= 0.6 is 0 Å². The summed E-state index contributed by atoms with van der Waals surface area (Å²) in [5, 5.41) is 8.94. The second-order valence-electron chi connectivity index (χ2n) is 6.44. The fourth-order valence-electron chi connectivity index (χ4n) is 3.09. The van der Waals surface area contributed by atoms with Gasteiger partial charge in [-0.3, -0.25) is 19.4 Å². The molecule has 0 atom stereocenters. The molecule has 2 heterocycles. The number of nitrogens with one attached hydrogen (secondary N) is 2. The summed E-state index contributed by atoms with van der Waals surface area (Å²) in [5.41, 5.74) is -2.67. The van der Waals surface area contributed by atoms with Gasteiger partial charge in [0, 0.05) is 6.20 Å². The van der Waals surface area contributed by atoms with Crippen molar-refractivity contribution in [3.63, 3.8) is 0 Å². The molecule has 0 fully saturated rings. The van der Waals surface area contributed by atoms with Gasteiger partial charge in [-0.1, -0.05) is 0 Å². The van der Waals surface area contributed by atoms with Crippen LogP contribution in [0.2, 0.25) is 0 Å². The number of H-pyrrole nitrogens is 2. The van der Waals surface area contributed by atoms with Gasteiger partial charge in [-0.05, 0) is 42.5 Å². The third kappa shape index (κ3) is 3.14. The van der Waals surface area contributed by atoms with E-state index in [1.165, 1.54) is 0 Å². The number of nitrogens with zero attached hydrogens (tertiary/aromatic N) is 1. The first-order chi connectivity index (χ1) is 14.6. The average molecular weight is 441 g/mol. The monoisotopic (exact) mass is 441 g/mol. The Kier molecular flexibility index (Phi) is 4.43. The third-order valence-corrected chi connectivity index (χ3v) is 6.39. The Hall–Kier alpha value is -4.32. The number of amides is 2. The lowest BCUT2D eigenvalue weighted by molar-refractivity contribution is 0.0696. The van der Waals surface area contributed by atoms with Gasteiger partial charge >= 0.3 is 11.7 Å². The highest BCUT2D eigenvalue weighted by Gasteiger charge is 2.39. The first-order valence-electron chi connectivity index (χ1n) is 8.54. The molecule has 0 unspecified atom stereocenters. The van der Waals surface area contributed by atoms with E-state index in [0.29, 0.717) is 4.90 Å². The largest absolute Gasteiger partial charge is 0.478 e. The van der Waals surface area contributed by atoms with Crippen molar-refractivity contribution in [3.8, 4) is 0 Å². The summed E-state index contributed by atoms with van der Waals surface area (Å²) in [4.78, 5) is 63.6. The molecular formula is C19H11N3O8S. The normalized spacial score (nSPS) is 13.4. The predicted octanol–water partition coefficient (Wildman–Crippen LogP) is 0.395. The Bertz CT molecular complexity index is 1500. The number of hydrogen-bond acceptors (Lipinski definition) is 7. The first-order valence-corrected chi connectivity index (χ1v) is 10.0. The van der Waals surface area contributed by atoms with Gasteiger partial charge in [0.2, 0.25) is 9.84 Å². The summed E-state index contributed by atoms with van der Waals surface area (Å²) in [5.74, 6) is -3.01. The van der Waals surface area contributed by atoms with E-state index in [0.717, 1.165) is 48.7 Å². The standard InChI is InChI=1S/C19H11N3O8S/c23-15-14(8-20-19(28)21-15)22-16(24)12-6-5-11(7-13(12)17(22)25)31(29,30)10-3-1-9(2-4-10)18(26)27/h1-8H,(H,26,27)(H2,20,21,23,28). The second kappa shape index (κ2) is 6.88. The summed E-state index contributed by atoms with van der Waals surface area (Å²) >= 11 is 0. The van der Waals surface area contributed by atoms with Gasteiger partial charge in [0.15, 0.2) is 0 Å². The molecule has 31 heavy (non-hydrogen) atoms. The summed E-state index contributed by atoms with van der Waals surface area (Å²) < 4.78 is 25.8. The molecule has 3 aromatic rings. The number of benzene rings is 2. The molecule has 156 valence electrons. The fourth-order valence-corrected chi connectivity index (χ4v) is 4.37. The van der Waals surface area contributed by atoms with Crippen LogP contribution in [0.4, 0.5) is 5.69 Å². The van der Waals surface area contributed by atoms with Crippen LogP contribution in [-0.2, 0) is 9.84 Å². The van der Waals surface area contributed by atoms with Crippen molar-refractivity contribution in [2.75, 3.05) is 4.90 Å². The number of aromatic amines is 2. The molecular weight excluding hydrogens is 430 g/mol. The fraction of sp³-hybridized carbons (Fsp3) is 0. The van der Waals surface area contributed by atoms with E-state index in [2.05, 4.69) is 4.98 Å². The smallest absolute Gasteiger partial charge is 0.335 e. The highest BCUT2D eigenvalue weighted by atomic mass is 32.2. The molecule has 0 radical (unpaired) electrons. The number of carboxylic acid groups (broad SMARTS) is 1. The zero-order valence-electron chi connectivity index (χ0n) is 15.3. The zero-order chi connectivity index (χ0) is 22.5. The number of anilines is 1. The Morgan fingerprint density at radius 2 is 1.48 bits per heavy atom. The molecule has 0 saturated carbocycles. The van der Waals surface area contributed by atoms with Crippen LogP contribution in [0.3, 0.4) is 0 Å². The van der Waals surface area contributed by atoms with Gasteiger partial charge in [-0.15, -0.1) is 0 Å². The maximum atomic E-state index is 12.9. The van der Waals surface area contributed by atoms with Gasteiger partial charge < -0.3 is 10.1 Å². The number of carbonyl (C=O) groups excluding carboxylic acids is 2. The zero-order valence-corrected chi connectivity index (χ0v) is 16.1. The van der Waals surface area contributed by atoms with Crippen LogP contribution in [0.15, 0.2) is 68.0 Å². The lowest BCUT2D eigenvalue weighted by atomic mass is 10.1. The average Bonchev–Trinajstić information content (AvgIpc) is 2.98. The molecule has 0 spiro atoms. The number of aromatic nitrogens is 2. The molecule has 3 N–H and O–H groups in total. The number of imide groups is 1. The molecule has 11 nitrogen and oxygen atoms in total. The van der Waals surface area contributed by atoms with Crippen LogP contribution < -0.4 is 16.1 Å². The summed E-state index contributed by atoms with van der Waals surface area (Å²) in [7, 11) is -4.13. The SMILES string of the molecule is O=C(O)c1ccc(S(=O)(=O)c2ccc3c(c2)C(=O)N(c2c[nH]c(=O)[nH]c2=O)C3=O)cc1. The number of carboxylic acids is 1. The van der Waals surface area contributed by atoms with E-state index in [4.69, 9.17) is 5.11 Å². The van der Waals surface area contributed by atoms with Crippen LogP contribution in [-0.4, -0.2) is 41.3 Å². The number of fused-ring (bicyclic) bond motifs is 1. The van der Waals surface area contributed by atoms with E-state index in [-0.39, 0.29) is 26.5 Å². The van der Waals surface area contributed by atoms with E-state index in [1.54, 1.807) is 0 Å². The Labute approximate surface area is 172 Å². The van der Waals surface area contributed by atoms with Crippen molar-refractivity contribution >= 4 is 33.3 Å². The summed E-state index contributed by atoms with van der Waals surface area (Å²) in [6.07, 6.45) is 0.907. The second-order valence-corrected chi connectivity index (χ2v) is 8.39. The predicted molar refractivity (Wildman–Crippen MR) is 104 cm³/mol. The van der Waals surface area contributed by atoms with Gasteiger partial charge in [-0.25, -0.2) is 22.9 Å². The maximum absolute atomic E-state index is 12.9. The molecule has 2 aromatic carbocycles. The van der Waals surface area contributed by atoms with Crippen molar-refractivity contribution in [1.29, 1.82) is 0 Å². The Morgan fingerprint density at radius 1 is 0.871 bits per heavy atom. The Balaban J connectivity index is 1.77. The number of sulfone groups is 1. The minimum absolute atomic E-state index is 0.101. The van der Waals surface area contributed by atoms with Crippen molar-refractivity contribution in [1.82, 2.24) is 9.97 Å². The molecule has 1 aliphatic rings. The number of aromatic carboxylic acids is 1. The van der Waals surface area contributed by atoms with Gasteiger partial charge in [0.25, 0.3) is 17.4 Å². The van der Waals surface area contributed by atoms with Crippen LogP contribution in [0.5, 0.6) is 0 Å². The van der Waals surface area contributed by atoms with Crippen molar-refractivity contribution < 1.29 is 27.9 Å². The van der Waals surface area contributed by atoms with E-state index >= 15 is 0 Å². The van der Waals surface area contributed by atoms with E-state index in [1.807, 2.05) is 4.98 Å². The third-order valence-electron chi connectivity index (χ3n) is 4.62. The topological polar surface area (TPSA) is 175 Å².